The van der Waals surface area contributed by atoms with Gasteiger partial charge in [0.1, 0.15) is 17.3 Å². The number of methoxy groups -OCH3 is 1. The summed E-state index contributed by atoms with van der Waals surface area (Å²) >= 11 is 0. The molecule has 2 aliphatic rings. The van der Waals surface area contributed by atoms with Gasteiger partial charge in [-0.3, -0.25) is 15.0 Å². The molecule has 0 bridgehead atoms. The Balaban J connectivity index is 0.00000462. The first-order valence-corrected chi connectivity index (χ1v) is 13.6. The standard InChI is InChI=1S/C30H40N4O6.BrH/c1-7-39-26-14-20-16-34(28(31)21(20)15-22(26)29(36)32-5)17-25(35)19-12-23(30(2,3)4)27(40-18-37-6)24(13-19)33-8-10-38-11-9-33;/h12-15,31H,7-11,16-18H2,1-6H3,(H,32,36);1H. The molecule has 1 amide bonds. The molecule has 1 fully saturated rings. The van der Waals surface area contributed by atoms with Crippen molar-refractivity contribution in [1.82, 2.24) is 10.2 Å². The molecule has 0 spiro atoms. The van der Waals surface area contributed by atoms with E-state index in [0.29, 0.717) is 67.6 Å². The van der Waals surface area contributed by atoms with E-state index < -0.39 is 0 Å². The number of Topliss-reactive ketones (excluding diaryl/α,β-unsaturated/α-hetero) is 1. The van der Waals surface area contributed by atoms with Crippen molar-refractivity contribution in [3.05, 3.63) is 52.1 Å². The third kappa shape index (κ3) is 7.02. The molecule has 41 heavy (non-hydrogen) atoms. The normalized spacial score (nSPS) is 14.8. The highest BCUT2D eigenvalue weighted by Gasteiger charge is 2.31. The summed E-state index contributed by atoms with van der Waals surface area (Å²) in [5.74, 6) is 1.00. The van der Waals surface area contributed by atoms with Gasteiger partial charge >= 0.3 is 0 Å². The van der Waals surface area contributed by atoms with Gasteiger partial charge in [-0.05, 0) is 42.2 Å². The van der Waals surface area contributed by atoms with Crippen molar-refractivity contribution < 1.29 is 28.5 Å². The smallest absolute Gasteiger partial charge is 0.254 e. The van der Waals surface area contributed by atoms with Crippen LogP contribution in [0.2, 0.25) is 0 Å². The van der Waals surface area contributed by atoms with E-state index in [1.807, 2.05) is 19.1 Å². The maximum atomic E-state index is 13.8. The van der Waals surface area contributed by atoms with E-state index in [9.17, 15) is 9.59 Å². The summed E-state index contributed by atoms with van der Waals surface area (Å²) in [4.78, 5) is 30.2. The number of carbonyl (C=O) groups excluding carboxylic acids is 2. The van der Waals surface area contributed by atoms with Gasteiger partial charge in [0.05, 0.1) is 37.6 Å². The second-order valence-electron chi connectivity index (χ2n) is 10.9. The molecule has 0 unspecified atom stereocenters. The molecular formula is C30H41BrN4O6. The number of carbonyl (C=O) groups is 2. The van der Waals surface area contributed by atoms with Crippen LogP contribution in [0.4, 0.5) is 5.69 Å². The van der Waals surface area contributed by atoms with Crippen LogP contribution < -0.4 is 19.7 Å². The Morgan fingerprint density at radius 2 is 1.80 bits per heavy atom. The average Bonchev–Trinajstić information content (AvgIpc) is 3.24. The summed E-state index contributed by atoms with van der Waals surface area (Å²) in [6.45, 7) is 11.6. The number of amides is 1. The van der Waals surface area contributed by atoms with E-state index in [4.69, 9.17) is 24.4 Å². The first kappa shape index (κ1) is 32.4. The first-order valence-electron chi connectivity index (χ1n) is 13.6. The summed E-state index contributed by atoms with van der Waals surface area (Å²) in [6.07, 6.45) is 0. The minimum Gasteiger partial charge on any atom is -0.493 e. The molecule has 2 heterocycles. The molecule has 2 aromatic carbocycles. The van der Waals surface area contributed by atoms with E-state index in [-0.39, 0.29) is 53.3 Å². The highest BCUT2D eigenvalue weighted by Crippen LogP contribution is 2.41. The highest BCUT2D eigenvalue weighted by atomic mass is 79.9. The topological polar surface area (TPSA) is 113 Å². The Morgan fingerprint density at radius 3 is 2.41 bits per heavy atom. The summed E-state index contributed by atoms with van der Waals surface area (Å²) in [5.41, 5.74) is 3.85. The molecular weight excluding hydrogens is 592 g/mol. The molecule has 4 rings (SSSR count). The number of anilines is 1. The molecule has 10 nitrogen and oxygen atoms in total. The Morgan fingerprint density at radius 1 is 1.10 bits per heavy atom. The number of nitrogens with zero attached hydrogens (tertiary/aromatic N) is 2. The number of hydrogen-bond donors (Lipinski definition) is 2. The monoisotopic (exact) mass is 632 g/mol. The summed E-state index contributed by atoms with van der Waals surface area (Å²) in [7, 11) is 3.14. The van der Waals surface area contributed by atoms with Gasteiger partial charge in [-0.15, -0.1) is 17.0 Å². The average molecular weight is 634 g/mol. The maximum absolute atomic E-state index is 13.8. The van der Waals surface area contributed by atoms with Gasteiger partial charge in [0.15, 0.2) is 12.6 Å². The minimum absolute atomic E-state index is 0. The third-order valence-electron chi connectivity index (χ3n) is 7.12. The van der Waals surface area contributed by atoms with Crippen molar-refractivity contribution in [2.24, 2.45) is 0 Å². The largest absolute Gasteiger partial charge is 0.493 e. The second kappa shape index (κ2) is 13.7. The molecule has 0 saturated carbocycles. The van der Waals surface area contributed by atoms with Crippen LogP contribution in [0.15, 0.2) is 24.3 Å². The number of morpholine rings is 1. The number of hydrogen-bond acceptors (Lipinski definition) is 8. The molecule has 2 aromatic rings. The number of benzene rings is 2. The van der Waals surface area contributed by atoms with Crippen molar-refractivity contribution in [3.8, 4) is 11.5 Å². The zero-order valence-corrected chi connectivity index (χ0v) is 26.4. The van der Waals surface area contributed by atoms with E-state index in [1.165, 1.54) is 0 Å². The lowest BCUT2D eigenvalue weighted by Gasteiger charge is -2.33. The number of rotatable bonds is 10. The van der Waals surface area contributed by atoms with Gasteiger partial charge in [-0.2, -0.15) is 0 Å². The van der Waals surface area contributed by atoms with Gasteiger partial charge < -0.3 is 34.1 Å². The minimum atomic E-state index is -0.303. The van der Waals surface area contributed by atoms with Gasteiger partial charge in [0, 0.05) is 50.5 Å². The lowest BCUT2D eigenvalue weighted by atomic mass is 9.84. The van der Waals surface area contributed by atoms with E-state index in [0.717, 1.165) is 16.8 Å². The molecule has 0 atom stereocenters. The van der Waals surface area contributed by atoms with Crippen LogP contribution in [0.5, 0.6) is 11.5 Å². The number of halogens is 1. The molecule has 0 aliphatic carbocycles. The van der Waals surface area contributed by atoms with Crippen molar-refractivity contribution in [2.75, 3.05) is 65.3 Å². The highest BCUT2D eigenvalue weighted by molar-refractivity contribution is 8.93. The van der Waals surface area contributed by atoms with Crippen LogP contribution in [0.25, 0.3) is 0 Å². The summed E-state index contributed by atoms with van der Waals surface area (Å²) in [6, 6.07) is 7.28. The number of ether oxygens (including phenoxy) is 4. The Bertz CT molecular complexity index is 1290. The summed E-state index contributed by atoms with van der Waals surface area (Å²) in [5, 5.41) is 11.4. The fourth-order valence-electron chi connectivity index (χ4n) is 5.06. The van der Waals surface area contributed by atoms with Crippen LogP contribution in [0.3, 0.4) is 0 Å². The molecule has 2 aliphatic heterocycles. The van der Waals surface area contributed by atoms with Gasteiger partial charge in [0.25, 0.3) is 5.91 Å². The lowest BCUT2D eigenvalue weighted by Crippen LogP contribution is -2.37. The number of nitrogens with one attached hydrogen (secondary N) is 2. The van der Waals surface area contributed by atoms with Crippen molar-refractivity contribution in [2.45, 2.75) is 39.7 Å². The van der Waals surface area contributed by atoms with Crippen molar-refractivity contribution in [3.63, 3.8) is 0 Å². The quantitative estimate of drug-likeness (QED) is 0.296. The van der Waals surface area contributed by atoms with Crippen LogP contribution in [-0.4, -0.2) is 82.8 Å². The second-order valence-corrected chi connectivity index (χ2v) is 10.9. The molecule has 1 saturated heterocycles. The molecule has 0 aromatic heterocycles. The fraction of sp³-hybridized carbons (Fsp3) is 0.500. The predicted molar refractivity (Wildman–Crippen MR) is 164 cm³/mol. The zero-order chi connectivity index (χ0) is 29.0. The molecule has 0 radical (unpaired) electrons. The van der Waals surface area contributed by atoms with Crippen molar-refractivity contribution in [1.29, 1.82) is 5.41 Å². The Kier molecular flexibility index (Phi) is 10.8. The van der Waals surface area contributed by atoms with Crippen LogP contribution in [-0.2, 0) is 21.4 Å². The number of ketones is 1. The van der Waals surface area contributed by atoms with E-state index >= 15 is 0 Å². The molecule has 11 heteroatoms. The Labute approximate surface area is 252 Å². The van der Waals surface area contributed by atoms with Gasteiger partial charge in [-0.1, -0.05) is 20.8 Å². The molecule has 2 N–H and O–H groups in total. The van der Waals surface area contributed by atoms with Gasteiger partial charge in [0.2, 0.25) is 0 Å². The first-order chi connectivity index (χ1) is 19.1. The third-order valence-corrected chi connectivity index (χ3v) is 7.12. The number of amidine groups is 1. The Hall–Kier alpha value is -3.15. The van der Waals surface area contributed by atoms with Crippen molar-refractivity contribution >= 4 is 40.2 Å². The van der Waals surface area contributed by atoms with Crippen LogP contribution in [0, 0.1) is 5.41 Å². The fourth-order valence-corrected chi connectivity index (χ4v) is 5.06. The van der Waals surface area contributed by atoms with E-state index in [1.54, 1.807) is 31.2 Å². The van der Waals surface area contributed by atoms with E-state index in [2.05, 4.69) is 31.0 Å². The zero-order valence-electron chi connectivity index (χ0n) is 24.7. The molecule has 224 valence electrons. The van der Waals surface area contributed by atoms with Crippen LogP contribution in [0.1, 0.15) is 65.1 Å². The SMILES string of the molecule is Br.CCOc1cc2c(cc1C(=O)NC)C(=N)N(CC(=O)c1cc(N3CCOCC3)c(OCOC)c(C(C)(C)C)c1)C2. The number of fused-ring (bicyclic) bond motifs is 1. The lowest BCUT2D eigenvalue weighted by molar-refractivity contribution is 0.0498. The predicted octanol–water partition coefficient (Wildman–Crippen LogP) is 4.16. The summed E-state index contributed by atoms with van der Waals surface area (Å²) < 4.78 is 22.6. The maximum Gasteiger partial charge on any atom is 0.254 e. The van der Waals surface area contributed by atoms with Gasteiger partial charge in [-0.25, -0.2) is 0 Å². The van der Waals surface area contributed by atoms with Crippen LogP contribution >= 0.6 is 17.0 Å².